The Kier molecular flexibility index (Phi) is 3.97. The maximum atomic E-state index is 6.28. The molecule has 1 heterocycles. The predicted octanol–water partition coefficient (Wildman–Crippen LogP) is 2.14. The molecule has 6 heteroatoms. The Morgan fingerprint density at radius 2 is 2.05 bits per heavy atom. The number of aryl methyl sites for hydroxylation is 1. The lowest BCUT2D eigenvalue weighted by atomic mass is 10.0. The van der Waals surface area contributed by atoms with E-state index in [1.165, 1.54) is 0 Å². The fraction of sp³-hybridized carbons (Fsp3) is 0.308. The highest BCUT2D eigenvalue weighted by atomic mass is 35.5. The molecule has 1 aromatic heterocycles. The zero-order valence-corrected chi connectivity index (χ0v) is 11.8. The third-order valence-corrected chi connectivity index (χ3v) is 3.30. The average Bonchev–Trinajstić information content (AvgIpc) is 2.76. The quantitative estimate of drug-likeness (QED) is 0.933. The van der Waals surface area contributed by atoms with Crippen LogP contribution >= 0.6 is 11.6 Å². The number of rotatable bonds is 4. The van der Waals surface area contributed by atoms with Crippen LogP contribution < -0.4 is 15.2 Å². The van der Waals surface area contributed by atoms with Crippen molar-refractivity contribution >= 4 is 11.6 Å². The van der Waals surface area contributed by atoms with E-state index in [9.17, 15) is 0 Å². The number of halogens is 1. The van der Waals surface area contributed by atoms with Gasteiger partial charge >= 0.3 is 0 Å². The summed E-state index contributed by atoms with van der Waals surface area (Å²) in [6.45, 7) is 0. The number of ether oxygens (including phenoxy) is 2. The molecule has 102 valence electrons. The first kappa shape index (κ1) is 13.7. The molecule has 1 unspecified atom stereocenters. The number of hydrogen-bond acceptors (Lipinski definition) is 4. The van der Waals surface area contributed by atoms with Crippen LogP contribution in [0.1, 0.15) is 17.3 Å². The molecule has 0 bridgehead atoms. The Hall–Kier alpha value is -1.72. The molecule has 0 saturated heterocycles. The molecule has 2 N–H and O–H groups in total. The molecule has 19 heavy (non-hydrogen) atoms. The first-order valence-corrected chi connectivity index (χ1v) is 6.11. The van der Waals surface area contributed by atoms with E-state index in [1.54, 1.807) is 32.1 Å². The molecule has 0 amide bonds. The van der Waals surface area contributed by atoms with Gasteiger partial charge < -0.3 is 15.2 Å². The fourth-order valence-electron chi connectivity index (χ4n) is 2.00. The summed E-state index contributed by atoms with van der Waals surface area (Å²) in [5.41, 5.74) is 7.81. The first-order valence-electron chi connectivity index (χ1n) is 5.73. The van der Waals surface area contributed by atoms with Gasteiger partial charge in [-0.15, -0.1) is 0 Å². The van der Waals surface area contributed by atoms with Crippen LogP contribution in [0.4, 0.5) is 0 Å². The number of nitrogens with zero attached hydrogens (tertiary/aromatic N) is 2. The molecule has 0 aliphatic rings. The second kappa shape index (κ2) is 5.50. The Morgan fingerprint density at radius 3 is 2.58 bits per heavy atom. The number of nitrogens with two attached hydrogens (primary N) is 1. The maximum Gasteiger partial charge on any atom is 0.124 e. The number of hydrogen-bond donors (Lipinski definition) is 1. The highest BCUT2D eigenvalue weighted by molar-refractivity contribution is 6.31. The van der Waals surface area contributed by atoms with Gasteiger partial charge in [0.1, 0.15) is 11.5 Å². The van der Waals surface area contributed by atoms with Crippen LogP contribution in [0.25, 0.3) is 0 Å². The van der Waals surface area contributed by atoms with Gasteiger partial charge in [0.15, 0.2) is 0 Å². The monoisotopic (exact) mass is 281 g/mol. The van der Waals surface area contributed by atoms with Crippen LogP contribution in [0, 0.1) is 0 Å². The van der Waals surface area contributed by atoms with Gasteiger partial charge in [-0.3, -0.25) is 4.68 Å². The molecule has 1 atom stereocenters. The number of benzene rings is 1. The molecule has 0 radical (unpaired) electrons. The Labute approximate surface area is 116 Å². The standard InChI is InChI=1S/C13H16ClN3O2/c1-17-13(10(14)7-16-17)12(15)9-6-8(18-2)4-5-11(9)19-3/h4-7,12H,15H2,1-3H3. The Bertz CT molecular complexity index is 564. The largest absolute Gasteiger partial charge is 0.497 e. The minimum atomic E-state index is -0.440. The van der Waals surface area contributed by atoms with E-state index in [-0.39, 0.29) is 0 Å². The van der Waals surface area contributed by atoms with Crippen molar-refractivity contribution in [2.24, 2.45) is 12.8 Å². The zero-order valence-electron chi connectivity index (χ0n) is 11.1. The second-order valence-corrected chi connectivity index (χ2v) is 4.49. The van der Waals surface area contributed by atoms with Crippen molar-refractivity contribution in [2.75, 3.05) is 14.2 Å². The van der Waals surface area contributed by atoms with Crippen molar-refractivity contribution in [1.82, 2.24) is 9.78 Å². The molecule has 1 aromatic carbocycles. The van der Waals surface area contributed by atoms with E-state index >= 15 is 0 Å². The summed E-state index contributed by atoms with van der Waals surface area (Å²) < 4.78 is 12.2. The molecule has 2 aromatic rings. The van der Waals surface area contributed by atoms with E-state index in [4.69, 9.17) is 26.8 Å². The van der Waals surface area contributed by atoms with Crippen molar-refractivity contribution in [3.63, 3.8) is 0 Å². The van der Waals surface area contributed by atoms with Gasteiger partial charge in [0.25, 0.3) is 0 Å². The van der Waals surface area contributed by atoms with Crippen LogP contribution in [-0.4, -0.2) is 24.0 Å². The summed E-state index contributed by atoms with van der Waals surface area (Å²) in [4.78, 5) is 0. The van der Waals surface area contributed by atoms with Gasteiger partial charge in [-0.25, -0.2) is 0 Å². The molecule has 0 saturated carbocycles. The molecule has 5 nitrogen and oxygen atoms in total. The lowest BCUT2D eigenvalue weighted by Crippen LogP contribution is -2.17. The molecule has 0 aliphatic carbocycles. The van der Waals surface area contributed by atoms with E-state index in [1.807, 2.05) is 18.2 Å². The third kappa shape index (κ3) is 2.52. The number of methoxy groups -OCH3 is 2. The summed E-state index contributed by atoms with van der Waals surface area (Å²) in [5, 5.41) is 4.62. The molecular weight excluding hydrogens is 266 g/mol. The zero-order chi connectivity index (χ0) is 14.0. The van der Waals surface area contributed by atoms with E-state index in [0.717, 1.165) is 11.3 Å². The fourth-order valence-corrected chi connectivity index (χ4v) is 2.28. The Balaban J connectivity index is 2.51. The van der Waals surface area contributed by atoms with Crippen molar-refractivity contribution in [1.29, 1.82) is 0 Å². The van der Waals surface area contributed by atoms with Crippen LogP contribution in [0.3, 0.4) is 0 Å². The molecular formula is C13H16ClN3O2. The summed E-state index contributed by atoms with van der Waals surface area (Å²) in [7, 11) is 5.00. The summed E-state index contributed by atoms with van der Waals surface area (Å²) >= 11 is 6.12. The van der Waals surface area contributed by atoms with Crippen molar-refractivity contribution in [3.8, 4) is 11.5 Å². The van der Waals surface area contributed by atoms with Crippen LogP contribution in [0.2, 0.25) is 5.02 Å². The second-order valence-electron chi connectivity index (χ2n) is 4.09. The topological polar surface area (TPSA) is 62.3 Å². The molecule has 2 rings (SSSR count). The minimum absolute atomic E-state index is 0.440. The molecule has 0 fully saturated rings. The van der Waals surface area contributed by atoms with Gasteiger partial charge in [-0.1, -0.05) is 11.6 Å². The third-order valence-electron chi connectivity index (χ3n) is 3.00. The maximum absolute atomic E-state index is 6.28. The summed E-state index contributed by atoms with van der Waals surface area (Å²) in [6, 6.07) is 5.04. The van der Waals surface area contributed by atoms with E-state index < -0.39 is 6.04 Å². The average molecular weight is 282 g/mol. The van der Waals surface area contributed by atoms with E-state index in [0.29, 0.717) is 16.5 Å². The van der Waals surface area contributed by atoms with Crippen LogP contribution in [0.5, 0.6) is 11.5 Å². The summed E-state index contributed by atoms with van der Waals surface area (Å²) in [5.74, 6) is 1.40. The molecule has 0 spiro atoms. The van der Waals surface area contributed by atoms with Gasteiger partial charge in [-0.05, 0) is 18.2 Å². The lowest BCUT2D eigenvalue weighted by molar-refractivity contribution is 0.396. The van der Waals surface area contributed by atoms with Crippen LogP contribution in [0.15, 0.2) is 24.4 Å². The van der Waals surface area contributed by atoms with Crippen molar-refractivity contribution < 1.29 is 9.47 Å². The number of aromatic nitrogens is 2. The lowest BCUT2D eigenvalue weighted by Gasteiger charge is -2.17. The van der Waals surface area contributed by atoms with Crippen molar-refractivity contribution in [2.45, 2.75) is 6.04 Å². The molecule has 0 aliphatic heterocycles. The van der Waals surface area contributed by atoms with Gasteiger partial charge in [0.2, 0.25) is 0 Å². The smallest absolute Gasteiger partial charge is 0.124 e. The Morgan fingerprint density at radius 1 is 1.32 bits per heavy atom. The highest BCUT2D eigenvalue weighted by Gasteiger charge is 2.21. The first-order chi connectivity index (χ1) is 9.08. The van der Waals surface area contributed by atoms with Gasteiger partial charge in [0, 0.05) is 12.6 Å². The van der Waals surface area contributed by atoms with E-state index in [2.05, 4.69) is 5.10 Å². The van der Waals surface area contributed by atoms with Gasteiger partial charge in [0.05, 0.1) is 37.2 Å². The normalized spacial score (nSPS) is 12.3. The van der Waals surface area contributed by atoms with Crippen molar-refractivity contribution in [3.05, 3.63) is 40.7 Å². The van der Waals surface area contributed by atoms with Gasteiger partial charge in [-0.2, -0.15) is 5.10 Å². The predicted molar refractivity (Wildman–Crippen MR) is 73.8 cm³/mol. The SMILES string of the molecule is COc1ccc(OC)c(C(N)c2c(Cl)cnn2C)c1. The highest BCUT2D eigenvalue weighted by Crippen LogP contribution is 2.33. The minimum Gasteiger partial charge on any atom is -0.497 e. The summed E-state index contributed by atoms with van der Waals surface area (Å²) in [6.07, 6.45) is 1.57. The van der Waals surface area contributed by atoms with Crippen LogP contribution in [-0.2, 0) is 7.05 Å².